The zero-order valence-electron chi connectivity index (χ0n) is 16.2. The predicted octanol–water partition coefficient (Wildman–Crippen LogP) is 0.782. The van der Waals surface area contributed by atoms with Crippen LogP contribution in [0, 0.1) is 5.82 Å². The zero-order chi connectivity index (χ0) is 20.5. The first kappa shape index (κ1) is 20.5. The third-order valence-corrected chi connectivity index (χ3v) is 4.90. The van der Waals surface area contributed by atoms with Crippen molar-refractivity contribution in [2.45, 2.75) is 6.42 Å². The van der Waals surface area contributed by atoms with Gasteiger partial charge >= 0.3 is 0 Å². The first-order valence-corrected chi connectivity index (χ1v) is 9.76. The molecule has 3 rings (SSSR count). The summed E-state index contributed by atoms with van der Waals surface area (Å²) >= 11 is 0. The molecule has 0 spiro atoms. The van der Waals surface area contributed by atoms with Crippen molar-refractivity contribution in [1.82, 2.24) is 10.9 Å². The second-order valence-electron chi connectivity index (χ2n) is 7.00. The minimum atomic E-state index is -0.466. The Morgan fingerprint density at radius 3 is 2.52 bits per heavy atom. The van der Waals surface area contributed by atoms with Gasteiger partial charge in [-0.15, -0.1) is 0 Å². The number of para-hydroxylation sites is 1. The molecule has 0 unspecified atom stereocenters. The lowest BCUT2D eigenvalue weighted by Crippen LogP contribution is -3.15. The van der Waals surface area contributed by atoms with Gasteiger partial charge < -0.3 is 9.80 Å². The topological polar surface area (TPSA) is 65.9 Å². The molecule has 0 aliphatic carbocycles. The summed E-state index contributed by atoms with van der Waals surface area (Å²) in [5.41, 5.74) is 6.57. The lowest BCUT2D eigenvalue weighted by molar-refractivity contribution is -0.900. The Labute approximate surface area is 170 Å². The smallest absolute Gasteiger partial charge is 0.262 e. The van der Waals surface area contributed by atoms with Gasteiger partial charge in [-0.25, -0.2) is 4.39 Å². The van der Waals surface area contributed by atoms with Crippen LogP contribution in [0.1, 0.15) is 12.0 Å². The van der Waals surface area contributed by atoms with Crippen LogP contribution in [0.15, 0.2) is 60.7 Å². The Morgan fingerprint density at radius 2 is 1.79 bits per heavy atom. The number of quaternary nitrogens is 1. The molecule has 0 bridgehead atoms. The summed E-state index contributed by atoms with van der Waals surface area (Å²) in [6.07, 6.45) is 3.08. The highest BCUT2D eigenvalue weighted by molar-refractivity contribution is 5.93. The fourth-order valence-electron chi connectivity index (χ4n) is 3.28. The van der Waals surface area contributed by atoms with E-state index < -0.39 is 5.91 Å². The summed E-state index contributed by atoms with van der Waals surface area (Å²) in [7, 11) is 0. The van der Waals surface area contributed by atoms with Crippen molar-refractivity contribution in [3.63, 3.8) is 0 Å². The second-order valence-corrected chi connectivity index (χ2v) is 7.00. The molecule has 0 radical (unpaired) electrons. The van der Waals surface area contributed by atoms with Crippen LogP contribution < -0.4 is 20.7 Å². The van der Waals surface area contributed by atoms with Gasteiger partial charge in [-0.3, -0.25) is 20.4 Å². The molecule has 1 heterocycles. The van der Waals surface area contributed by atoms with Crippen LogP contribution in [0.4, 0.5) is 10.1 Å². The number of benzene rings is 2. The molecule has 3 N–H and O–H groups in total. The van der Waals surface area contributed by atoms with E-state index in [-0.39, 0.29) is 11.7 Å². The molecule has 2 aromatic rings. The lowest BCUT2D eigenvalue weighted by atomic mass is 10.2. The molecule has 2 aromatic carbocycles. The quantitative estimate of drug-likeness (QED) is 0.499. The van der Waals surface area contributed by atoms with E-state index in [2.05, 4.69) is 27.9 Å². The Balaban J connectivity index is 1.32. The molecule has 29 heavy (non-hydrogen) atoms. The summed E-state index contributed by atoms with van der Waals surface area (Å²) in [5.74, 6) is -1.06. The Bertz CT molecular complexity index is 849. The number of nitrogens with zero attached hydrogens (tertiary/aromatic N) is 1. The van der Waals surface area contributed by atoms with Gasteiger partial charge in [-0.2, -0.15) is 0 Å². The summed E-state index contributed by atoms with van der Waals surface area (Å²) in [6, 6.07) is 16.2. The summed E-state index contributed by atoms with van der Waals surface area (Å²) < 4.78 is 13.1. The van der Waals surface area contributed by atoms with Gasteiger partial charge in [0.25, 0.3) is 5.91 Å². The van der Waals surface area contributed by atoms with Crippen LogP contribution in [0.5, 0.6) is 0 Å². The number of rotatable bonds is 6. The Morgan fingerprint density at radius 1 is 1.03 bits per heavy atom. The van der Waals surface area contributed by atoms with E-state index in [1.807, 2.05) is 18.2 Å². The van der Waals surface area contributed by atoms with E-state index in [4.69, 9.17) is 0 Å². The molecule has 1 saturated heterocycles. The molecule has 152 valence electrons. The average molecular weight is 397 g/mol. The van der Waals surface area contributed by atoms with Gasteiger partial charge in [-0.1, -0.05) is 30.3 Å². The molecule has 1 aliphatic heterocycles. The van der Waals surface area contributed by atoms with Crippen LogP contribution in [0.2, 0.25) is 0 Å². The minimum absolute atomic E-state index is 0.226. The maximum absolute atomic E-state index is 13.1. The molecule has 1 aliphatic rings. The van der Waals surface area contributed by atoms with Gasteiger partial charge in [0, 0.05) is 11.8 Å². The summed E-state index contributed by atoms with van der Waals surface area (Å²) in [5, 5.41) is 0. The number of hydrazine groups is 1. The highest BCUT2D eigenvalue weighted by Crippen LogP contribution is 2.12. The number of hydrogen-bond acceptors (Lipinski definition) is 3. The van der Waals surface area contributed by atoms with Crippen molar-refractivity contribution in [3.05, 3.63) is 72.1 Å². The van der Waals surface area contributed by atoms with E-state index in [1.54, 1.807) is 12.1 Å². The Hall–Kier alpha value is -3.19. The zero-order valence-corrected chi connectivity index (χ0v) is 16.2. The standard InChI is InChI=1S/C22H25FN4O2/c23-19-6-4-5-18(17-19)9-10-21(28)24-25-22(29)11-12-26-13-15-27(16-14-26)20-7-2-1-3-8-20/h1-10,17H,11-16H2,(H,24,28)(H,25,29)/p+1/b10-9+. The molecule has 0 atom stereocenters. The molecule has 1 fully saturated rings. The van der Waals surface area contributed by atoms with Crippen molar-refractivity contribution in [2.75, 3.05) is 37.6 Å². The maximum Gasteiger partial charge on any atom is 0.262 e. The molecular weight excluding hydrogens is 371 g/mol. The third-order valence-electron chi connectivity index (χ3n) is 4.90. The fraction of sp³-hybridized carbons (Fsp3) is 0.273. The van der Waals surface area contributed by atoms with Crippen molar-refractivity contribution in [2.24, 2.45) is 0 Å². The summed E-state index contributed by atoms with van der Waals surface area (Å²) in [6.45, 7) is 4.60. The van der Waals surface area contributed by atoms with Crippen LogP contribution in [0.3, 0.4) is 0 Å². The van der Waals surface area contributed by atoms with E-state index in [0.717, 1.165) is 32.7 Å². The third kappa shape index (κ3) is 6.73. The number of hydrogen-bond donors (Lipinski definition) is 3. The van der Waals surface area contributed by atoms with E-state index in [9.17, 15) is 14.0 Å². The van der Waals surface area contributed by atoms with Crippen LogP contribution >= 0.6 is 0 Å². The number of piperazine rings is 1. The van der Waals surface area contributed by atoms with E-state index in [1.165, 1.54) is 34.9 Å². The Kier molecular flexibility index (Phi) is 7.35. The molecule has 0 saturated carbocycles. The van der Waals surface area contributed by atoms with Crippen LogP contribution in [-0.2, 0) is 9.59 Å². The molecule has 7 heteroatoms. The van der Waals surface area contributed by atoms with Gasteiger partial charge in [0.05, 0.1) is 39.1 Å². The normalized spacial score (nSPS) is 14.7. The summed E-state index contributed by atoms with van der Waals surface area (Å²) in [4.78, 5) is 27.5. The van der Waals surface area contributed by atoms with Crippen LogP contribution in [-0.4, -0.2) is 44.5 Å². The van der Waals surface area contributed by atoms with Gasteiger partial charge in [-0.05, 0) is 35.9 Å². The van der Waals surface area contributed by atoms with E-state index in [0.29, 0.717) is 12.0 Å². The van der Waals surface area contributed by atoms with Crippen molar-refractivity contribution in [1.29, 1.82) is 0 Å². The number of halogens is 1. The molecule has 6 nitrogen and oxygen atoms in total. The fourth-order valence-corrected chi connectivity index (χ4v) is 3.28. The van der Waals surface area contributed by atoms with E-state index >= 15 is 0 Å². The minimum Gasteiger partial charge on any atom is -0.360 e. The number of carbonyl (C=O) groups excluding carboxylic acids is 2. The lowest BCUT2D eigenvalue weighted by Gasteiger charge is -2.33. The van der Waals surface area contributed by atoms with Crippen molar-refractivity contribution in [3.8, 4) is 0 Å². The largest absolute Gasteiger partial charge is 0.360 e. The number of anilines is 1. The molecule has 2 amide bonds. The average Bonchev–Trinajstić information content (AvgIpc) is 2.76. The maximum atomic E-state index is 13.1. The predicted molar refractivity (Wildman–Crippen MR) is 111 cm³/mol. The monoisotopic (exact) mass is 397 g/mol. The van der Waals surface area contributed by atoms with Crippen LogP contribution in [0.25, 0.3) is 6.08 Å². The molecule has 0 aromatic heterocycles. The molecular formula is C22H26FN4O2+. The highest BCUT2D eigenvalue weighted by Gasteiger charge is 2.20. The van der Waals surface area contributed by atoms with Gasteiger partial charge in [0.15, 0.2) is 0 Å². The van der Waals surface area contributed by atoms with Crippen molar-refractivity contribution < 1.29 is 18.9 Å². The SMILES string of the molecule is O=C(/C=C/c1cccc(F)c1)NNC(=O)CC[NH+]1CCN(c2ccccc2)CC1. The van der Waals surface area contributed by atoms with Crippen molar-refractivity contribution >= 4 is 23.6 Å². The number of amides is 2. The first-order chi connectivity index (χ1) is 14.1. The highest BCUT2D eigenvalue weighted by atomic mass is 19.1. The number of nitrogens with one attached hydrogen (secondary N) is 3. The van der Waals surface area contributed by atoms with Gasteiger partial charge in [0.2, 0.25) is 5.91 Å². The number of carbonyl (C=O) groups is 2. The first-order valence-electron chi connectivity index (χ1n) is 9.76. The van der Waals surface area contributed by atoms with Gasteiger partial charge in [0.1, 0.15) is 5.82 Å². The second kappa shape index (κ2) is 10.4.